The monoisotopic (exact) mass is 1150 g/mol. The molecule has 2 bridgehead atoms. The van der Waals surface area contributed by atoms with Crippen molar-refractivity contribution in [2.45, 2.75) is 11.8 Å². The van der Waals surface area contributed by atoms with Gasteiger partial charge >= 0.3 is 0 Å². The molecule has 0 radical (unpaired) electrons. The third kappa shape index (κ3) is 8.68. The van der Waals surface area contributed by atoms with Crippen LogP contribution in [0.2, 0.25) is 0 Å². The molecule has 1 nitrogen and oxygen atoms in total. The molecule has 0 N–H and O–H groups in total. The molecule has 0 aliphatic heterocycles. The molecule has 17 rings (SSSR count). The largest absolute Gasteiger partial charge is 0.248 e. The fourth-order valence-corrected chi connectivity index (χ4v) is 25.1. The van der Waals surface area contributed by atoms with E-state index in [2.05, 4.69) is 358 Å². The van der Waals surface area contributed by atoms with Gasteiger partial charge in [-0.25, -0.2) is 4.98 Å². The van der Waals surface area contributed by atoms with Crippen molar-refractivity contribution in [3.05, 3.63) is 391 Å². The van der Waals surface area contributed by atoms with E-state index in [1.54, 1.807) is 0 Å². The maximum atomic E-state index is 5.72. The van der Waals surface area contributed by atoms with E-state index in [1.165, 1.54) is 97.1 Å². The number of hydrogen-bond acceptors (Lipinski definition) is 1. The number of benzene rings is 13. The highest BCUT2D eigenvalue weighted by molar-refractivity contribution is 7.20. The molecule has 88 heavy (non-hydrogen) atoms. The van der Waals surface area contributed by atoms with Gasteiger partial charge in [0.05, 0.1) is 11.4 Å². The SMILES string of the molecule is c1ccc(-c2ccc([Si](c3ccccc3)(c3ccccc3)c3cccc4c3C3c5ccccc5C4c4cccc(-c5ccccc5-c5cc(-c6cccc([Si](c7ccccc7)(c7ccccc7)c7ccccc7)c6)cc(-c6ccccc6)n5)c43)cc2)cc1. The van der Waals surface area contributed by atoms with Crippen molar-refractivity contribution >= 4 is 57.6 Å². The van der Waals surface area contributed by atoms with Gasteiger partial charge in [-0.1, -0.05) is 346 Å². The molecule has 0 amide bonds. The zero-order chi connectivity index (χ0) is 58.4. The van der Waals surface area contributed by atoms with Gasteiger partial charge in [-0.05, 0) is 120 Å². The lowest BCUT2D eigenvalue weighted by Gasteiger charge is -2.47. The summed E-state index contributed by atoms with van der Waals surface area (Å²) in [6.45, 7) is 0. The summed E-state index contributed by atoms with van der Waals surface area (Å²) in [6, 6.07) is 135. The van der Waals surface area contributed by atoms with E-state index in [4.69, 9.17) is 4.98 Å². The Morgan fingerprint density at radius 2 is 0.580 bits per heavy atom. The molecule has 2 atom stereocenters. The Labute approximate surface area is 518 Å². The Bertz CT molecular complexity index is 4690. The van der Waals surface area contributed by atoms with E-state index in [-0.39, 0.29) is 11.8 Å². The normalized spacial score (nSPS) is 13.9. The zero-order valence-corrected chi connectivity index (χ0v) is 50.7. The molecule has 0 saturated carbocycles. The Balaban J connectivity index is 0.906. The maximum Gasteiger partial charge on any atom is 0.179 e. The molecule has 0 saturated heterocycles. The van der Waals surface area contributed by atoms with Crippen LogP contribution in [0.4, 0.5) is 0 Å². The first-order valence-electron chi connectivity index (χ1n) is 30.7. The molecule has 0 spiro atoms. The molecular formula is C85H61NSi2. The smallest absolute Gasteiger partial charge is 0.179 e. The van der Waals surface area contributed by atoms with Gasteiger partial charge in [0, 0.05) is 23.0 Å². The third-order valence-electron chi connectivity index (χ3n) is 19.0. The average molecular weight is 1150 g/mol. The molecule has 14 aromatic rings. The quantitative estimate of drug-likeness (QED) is 0.0828. The lowest BCUT2D eigenvalue weighted by Crippen LogP contribution is -2.75. The van der Waals surface area contributed by atoms with Crippen LogP contribution in [0.1, 0.15) is 45.2 Å². The van der Waals surface area contributed by atoms with Crippen molar-refractivity contribution in [2.75, 3.05) is 0 Å². The summed E-state index contributed by atoms with van der Waals surface area (Å²) in [5, 5.41) is 10.9. The molecule has 0 fully saturated rings. The van der Waals surface area contributed by atoms with Crippen LogP contribution in [-0.2, 0) is 0 Å². The highest BCUT2D eigenvalue weighted by atomic mass is 28.3. The van der Waals surface area contributed by atoms with Crippen LogP contribution in [0.5, 0.6) is 0 Å². The predicted octanol–water partition coefficient (Wildman–Crippen LogP) is 15.2. The Kier molecular flexibility index (Phi) is 13.5. The Morgan fingerprint density at radius 1 is 0.205 bits per heavy atom. The highest BCUT2D eigenvalue weighted by Crippen LogP contribution is 2.58. The van der Waals surface area contributed by atoms with Gasteiger partial charge in [-0.2, -0.15) is 0 Å². The minimum Gasteiger partial charge on any atom is -0.248 e. The molecule has 13 aromatic carbocycles. The summed E-state index contributed by atoms with van der Waals surface area (Å²) >= 11 is 0. The van der Waals surface area contributed by atoms with Gasteiger partial charge in [0.2, 0.25) is 0 Å². The summed E-state index contributed by atoms with van der Waals surface area (Å²) in [5.74, 6) is -0.0200. The lowest BCUT2D eigenvalue weighted by molar-refractivity contribution is 0.760. The average Bonchev–Trinajstić information content (AvgIpc) is 0.697. The molecule has 3 aliphatic carbocycles. The van der Waals surface area contributed by atoms with Crippen LogP contribution in [0, 0.1) is 0 Å². The zero-order valence-electron chi connectivity index (χ0n) is 48.7. The molecule has 3 heteroatoms. The van der Waals surface area contributed by atoms with Crippen molar-refractivity contribution in [1.82, 2.24) is 4.98 Å². The first-order valence-corrected chi connectivity index (χ1v) is 34.7. The maximum absolute atomic E-state index is 5.72. The number of nitrogens with zero attached hydrogens (tertiary/aromatic N) is 1. The second-order valence-corrected chi connectivity index (χ2v) is 31.1. The third-order valence-corrected chi connectivity index (χ3v) is 28.6. The summed E-state index contributed by atoms with van der Waals surface area (Å²) in [5.41, 5.74) is 19.6. The summed E-state index contributed by atoms with van der Waals surface area (Å²) in [4.78, 5) is 5.72. The van der Waals surface area contributed by atoms with Gasteiger partial charge in [-0.3, -0.25) is 0 Å². The number of pyridine rings is 1. The van der Waals surface area contributed by atoms with E-state index in [1.807, 2.05) is 0 Å². The second kappa shape index (κ2) is 22.4. The summed E-state index contributed by atoms with van der Waals surface area (Å²) in [6.07, 6.45) is 0. The van der Waals surface area contributed by atoms with Crippen molar-refractivity contribution in [3.63, 3.8) is 0 Å². The predicted molar refractivity (Wildman–Crippen MR) is 373 cm³/mol. The van der Waals surface area contributed by atoms with Crippen molar-refractivity contribution in [2.24, 2.45) is 0 Å². The van der Waals surface area contributed by atoms with Crippen LogP contribution in [0.25, 0.3) is 55.9 Å². The summed E-state index contributed by atoms with van der Waals surface area (Å²) in [7, 11) is -5.95. The number of rotatable bonds is 13. The van der Waals surface area contributed by atoms with Gasteiger partial charge in [0.15, 0.2) is 16.1 Å². The fraction of sp³-hybridized carbons (Fsp3) is 0.0235. The molecular weight excluding hydrogens is 1090 g/mol. The van der Waals surface area contributed by atoms with E-state index in [0.29, 0.717) is 0 Å². The molecule has 1 aromatic heterocycles. The van der Waals surface area contributed by atoms with E-state index >= 15 is 0 Å². The first-order chi connectivity index (χ1) is 43.7. The van der Waals surface area contributed by atoms with E-state index < -0.39 is 16.1 Å². The Hall–Kier alpha value is -10.6. The topological polar surface area (TPSA) is 12.9 Å². The molecule has 1 heterocycles. The van der Waals surface area contributed by atoms with Crippen LogP contribution >= 0.6 is 0 Å². The van der Waals surface area contributed by atoms with E-state index in [0.717, 1.165) is 33.6 Å². The van der Waals surface area contributed by atoms with Crippen LogP contribution in [0.3, 0.4) is 0 Å². The second-order valence-electron chi connectivity index (χ2n) is 23.5. The highest BCUT2D eigenvalue weighted by Gasteiger charge is 2.50. The Morgan fingerprint density at radius 3 is 1.15 bits per heavy atom. The van der Waals surface area contributed by atoms with Crippen LogP contribution in [-0.4, -0.2) is 21.1 Å². The van der Waals surface area contributed by atoms with Gasteiger partial charge in [-0.15, -0.1) is 0 Å². The van der Waals surface area contributed by atoms with Crippen LogP contribution < -0.4 is 41.5 Å². The minimum atomic E-state index is -3.10. The van der Waals surface area contributed by atoms with E-state index in [9.17, 15) is 0 Å². The number of aromatic nitrogens is 1. The van der Waals surface area contributed by atoms with Crippen LogP contribution in [0.15, 0.2) is 358 Å². The molecule has 2 unspecified atom stereocenters. The number of hydrogen-bond donors (Lipinski definition) is 0. The molecule has 3 aliphatic rings. The lowest BCUT2D eigenvalue weighted by atomic mass is 9.60. The van der Waals surface area contributed by atoms with Crippen molar-refractivity contribution in [1.29, 1.82) is 0 Å². The van der Waals surface area contributed by atoms with Crippen molar-refractivity contribution in [3.8, 4) is 55.9 Å². The molecule has 414 valence electrons. The first kappa shape index (κ1) is 53.0. The standard InChI is InChI=1S/C85H61NSi2/c1-8-29-60(30-9-1)61-53-55-70(56-54-61)88(68-40-18-6-19-41-68,69-42-20-7-21-43-69)81-52-28-51-78-82-75-47-24-25-48-76(75)85(84(78)81)83-74(49-27-50-77(82)83)72-45-22-23-46-73(72)80-59-64(58-79(86-80)62-31-10-2-11-32-62)63-33-26-44-71(57-63)87(65-34-12-3-13-35-65,66-36-14-4-15-37-66)67-38-16-5-17-39-67/h1-59,82,85H. The minimum absolute atomic E-state index is 0.0358. The van der Waals surface area contributed by atoms with Gasteiger partial charge < -0.3 is 0 Å². The summed E-state index contributed by atoms with van der Waals surface area (Å²) < 4.78 is 0. The van der Waals surface area contributed by atoms with Crippen molar-refractivity contribution < 1.29 is 0 Å². The van der Waals surface area contributed by atoms with Gasteiger partial charge in [0.1, 0.15) is 0 Å². The van der Waals surface area contributed by atoms with Gasteiger partial charge in [0.25, 0.3) is 0 Å². The fourth-order valence-electron chi connectivity index (χ4n) is 15.3.